The zero-order valence-corrected chi connectivity index (χ0v) is 17.2. The summed E-state index contributed by atoms with van der Waals surface area (Å²) in [6.07, 6.45) is 6.31. The second-order valence-corrected chi connectivity index (χ2v) is 8.50. The molecule has 0 radical (unpaired) electrons. The Labute approximate surface area is 169 Å². The smallest absolute Gasteiger partial charge is 0.119 e. The van der Waals surface area contributed by atoms with Crippen LogP contribution in [-0.2, 0) is 0 Å². The highest BCUT2D eigenvalue weighted by atomic mass is 16.5. The van der Waals surface area contributed by atoms with Crippen LogP contribution in [0.1, 0.15) is 68.9 Å². The van der Waals surface area contributed by atoms with E-state index in [1.807, 2.05) is 0 Å². The first-order chi connectivity index (χ1) is 13.7. The molecule has 3 atom stereocenters. The van der Waals surface area contributed by atoms with Crippen molar-refractivity contribution in [2.45, 2.75) is 57.8 Å². The Hall–Kier alpha value is -2.28. The maximum absolute atomic E-state index is 5.85. The number of hydrogen-bond donors (Lipinski definition) is 0. The third kappa shape index (κ3) is 4.24. The second-order valence-electron chi connectivity index (χ2n) is 8.50. The fourth-order valence-corrected chi connectivity index (χ4v) is 4.98. The molecule has 0 bridgehead atoms. The fourth-order valence-electron chi connectivity index (χ4n) is 4.98. The summed E-state index contributed by atoms with van der Waals surface area (Å²) >= 11 is 0. The van der Waals surface area contributed by atoms with Gasteiger partial charge in [-0.3, -0.25) is 0 Å². The Balaban J connectivity index is 1.42. The van der Waals surface area contributed by atoms with Crippen LogP contribution < -0.4 is 4.74 Å². The van der Waals surface area contributed by atoms with Crippen molar-refractivity contribution in [3.63, 3.8) is 0 Å². The summed E-state index contributed by atoms with van der Waals surface area (Å²) in [7, 11) is 0. The van der Waals surface area contributed by atoms with E-state index in [2.05, 4.69) is 80.6 Å². The van der Waals surface area contributed by atoms with Crippen LogP contribution in [0.25, 0.3) is 10.8 Å². The third-order valence-electron chi connectivity index (χ3n) is 6.38. The van der Waals surface area contributed by atoms with Gasteiger partial charge >= 0.3 is 0 Å². The third-order valence-corrected chi connectivity index (χ3v) is 6.38. The highest BCUT2D eigenvalue weighted by Crippen LogP contribution is 2.43. The molecule has 0 saturated heterocycles. The molecule has 0 N–H and O–H groups in total. The molecular formula is C27H32O. The van der Waals surface area contributed by atoms with Crippen LogP contribution in [0.4, 0.5) is 0 Å². The molecule has 1 aliphatic carbocycles. The number of benzene rings is 3. The van der Waals surface area contributed by atoms with Gasteiger partial charge in [-0.15, -0.1) is 0 Å². The predicted molar refractivity (Wildman–Crippen MR) is 119 cm³/mol. The summed E-state index contributed by atoms with van der Waals surface area (Å²) in [5.41, 5.74) is 2.98. The minimum Gasteiger partial charge on any atom is -0.494 e. The van der Waals surface area contributed by atoms with E-state index < -0.39 is 0 Å². The van der Waals surface area contributed by atoms with Gasteiger partial charge in [-0.2, -0.15) is 0 Å². The molecule has 0 spiro atoms. The molecule has 0 aliphatic heterocycles. The zero-order valence-electron chi connectivity index (χ0n) is 17.2. The maximum atomic E-state index is 5.85. The Kier molecular flexibility index (Phi) is 6.00. The van der Waals surface area contributed by atoms with Crippen LogP contribution in [0.5, 0.6) is 5.75 Å². The van der Waals surface area contributed by atoms with Crippen LogP contribution in [0.2, 0.25) is 0 Å². The van der Waals surface area contributed by atoms with Crippen molar-refractivity contribution in [1.82, 2.24) is 0 Å². The predicted octanol–water partition coefficient (Wildman–Crippen LogP) is 7.71. The maximum Gasteiger partial charge on any atom is 0.119 e. The number of hydrogen-bond acceptors (Lipinski definition) is 1. The first-order valence-corrected chi connectivity index (χ1v) is 10.9. The first kappa shape index (κ1) is 19.1. The average molecular weight is 373 g/mol. The van der Waals surface area contributed by atoms with Crippen molar-refractivity contribution < 1.29 is 4.74 Å². The van der Waals surface area contributed by atoms with E-state index in [0.717, 1.165) is 24.7 Å². The standard InChI is InChI=1S/C27H32O/c1-3-16-28-25-11-6-10-23(19-25)24-15-14-21(18-24)17-20(2)26-13-7-9-22-8-4-5-12-27(22)26/h4-13,19-21,24H,3,14-18H2,1-2H3/t20-,21+,24+/m0/s1. The summed E-state index contributed by atoms with van der Waals surface area (Å²) in [6, 6.07) is 24.4. The largest absolute Gasteiger partial charge is 0.494 e. The SMILES string of the molecule is CCCOc1cccc([C@@H]2CC[C@H](C[C@H](C)c3cccc4ccccc34)C2)c1. The molecule has 0 unspecified atom stereocenters. The minimum absolute atomic E-state index is 0.606. The van der Waals surface area contributed by atoms with Crippen LogP contribution in [0, 0.1) is 5.92 Å². The van der Waals surface area contributed by atoms with Gasteiger partial charge in [0, 0.05) is 0 Å². The molecule has 146 valence electrons. The quantitative estimate of drug-likeness (QED) is 0.413. The Morgan fingerprint density at radius 2 is 1.79 bits per heavy atom. The highest BCUT2D eigenvalue weighted by Gasteiger charge is 2.27. The topological polar surface area (TPSA) is 9.23 Å². The van der Waals surface area contributed by atoms with Crippen molar-refractivity contribution in [1.29, 1.82) is 0 Å². The van der Waals surface area contributed by atoms with Gasteiger partial charge in [0.15, 0.2) is 0 Å². The lowest BCUT2D eigenvalue weighted by atomic mass is 9.86. The molecule has 4 rings (SSSR count). The lowest BCUT2D eigenvalue weighted by molar-refractivity contribution is 0.317. The fraction of sp³-hybridized carbons (Fsp3) is 0.407. The van der Waals surface area contributed by atoms with Crippen molar-refractivity contribution in [2.24, 2.45) is 5.92 Å². The van der Waals surface area contributed by atoms with Gasteiger partial charge in [-0.25, -0.2) is 0 Å². The molecule has 3 aromatic carbocycles. The number of ether oxygens (including phenoxy) is 1. The van der Waals surface area contributed by atoms with Gasteiger partial charge in [-0.05, 0) is 83.9 Å². The van der Waals surface area contributed by atoms with Crippen LogP contribution in [0.3, 0.4) is 0 Å². The van der Waals surface area contributed by atoms with Crippen molar-refractivity contribution >= 4 is 10.8 Å². The van der Waals surface area contributed by atoms with Crippen LogP contribution in [-0.4, -0.2) is 6.61 Å². The lowest BCUT2D eigenvalue weighted by Gasteiger charge is -2.19. The summed E-state index contributed by atoms with van der Waals surface area (Å²) in [6.45, 7) is 5.37. The summed E-state index contributed by atoms with van der Waals surface area (Å²) in [4.78, 5) is 0. The van der Waals surface area contributed by atoms with Gasteiger partial charge in [-0.1, -0.05) is 68.4 Å². The average Bonchev–Trinajstić information content (AvgIpc) is 3.20. The van der Waals surface area contributed by atoms with Gasteiger partial charge in [0.05, 0.1) is 6.61 Å². The molecular weight excluding hydrogens is 340 g/mol. The van der Waals surface area contributed by atoms with E-state index in [-0.39, 0.29) is 0 Å². The van der Waals surface area contributed by atoms with E-state index in [0.29, 0.717) is 11.8 Å². The van der Waals surface area contributed by atoms with Crippen molar-refractivity contribution in [3.8, 4) is 5.75 Å². The van der Waals surface area contributed by atoms with E-state index in [1.165, 1.54) is 47.6 Å². The number of fused-ring (bicyclic) bond motifs is 1. The summed E-state index contributed by atoms with van der Waals surface area (Å²) in [5.74, 6) is 3.15. The summed E-state index contributed by atoms with van der Waals surface area (Å²) < 4.78 is 5.85. The lowest BCUT2D eigenvalue weighted by Crippen LogP contribution is -2.03. The zero-order chi connectivity index (χ0) is 19.3. The first-order valence-electron chi connectivity index (χ1n) is 10.9. The summed E-state index contributed by atoms with van der Waals surface area (Å²) in [5, 5.41) is 2.79. The van der Waals surface area contributed by atoms with Gasteiger partial charge in [0.1, 0.15) is 5.75 Å². The molecule has 0 heterocycles. The van der Waals surface area contributed by atoms with Crippen molar-refractivity contribution in [2.75, 3.05) is 6.61 Å². The highest BCUT2D eigenvalue weighted by molar-refractivity contribution is 5.86. The number of rotatable bonds is 7. The molecule has 1 saturated carbocycles. The Morgan fingerprint density at radius 3 is 2.68 bits per heavy atom. The molecule has 1 nitrogen and oxygen atoms in total. The van der Waals surface area contributed by atoms with E-state index in [4.69, 9.17) is 4.74 Å². The molecule has 3 aromatic rings. The molecule has 28 heavy (non-hydrogen) atoms. The molecule has 1 aliphatic rings. The monoisotopic (exact) mass is 372 g/mol. The molecule has 1 fully saturated rings. The van der Waals surface area contributed by atoms with Crippen LogP contribution >= 0.6 is 0 Å². The normalized spacial score (nSPS) is 20.4. The Morgan fingerprint density at radius 1 is 0.964 bits per heavy atom. The van der Waals surface area contributed by atoms with Gasteiger partial charge < -0.3 is 4.74 Å². The van der Waals surface area contributed by atoms with Crippen LogP contribution in [0.15, 0.2) is 66.7 Å². The van der Waals surface area contributed by atoms with Gasteiger partial charge in [0.2, 0.25) is 0 Å². The van der Waals surface area contributed by atoms with Crippen molar-refractivity contribution in [3.05, 3.63) is 77.9 Å². The Bertz CT molecular complexity index is 908. The molecule has 0 aromatic heterocycles. The van der Waals surface area contributed by atoms with E-state index in [9.17, 15) is 0 Å². The van der Waals surface area contributed by atoms with E-state index in [1.54, 1.807) is 0 Å². The molecule has 1 heteroatoms. The van der Waals surface area contributed by atoms with Gasteiger partial charge in [0.25, 0.3) is 0 Å². The minimum atomic E-state index is 0.606. The molecule has 0 amide bonds. The second kappa shape index (κ2) is 8.82. The van der Waals surface area contributed by atoms with E-state index >= 15 is 0 Å².